The van der Waals surface area contributed by atoms with Gasteiger partial charge in [0.15, 0.2) is 0 Å². The average Bonchev–Trinajstić information content (AvgIpc) is 3.56. The van der Waals surface area contributed by atoms with Crippen molar-refractivity contribution in [3.8, 4) is 0 Å². The molecule has 8 heteroatoms. The number of furan rings is 1. The fourth-order valence-corrected chi connectivity index (χ4v) is 3.64. The first-order valence-corrected chi connectivity index (χ1v) is 10.9. The first-order valence-electron chi connectivity index (χ1n) is 10.9. The number of carbonyl (C=O) groups is 3. The number of likely N-dealkylation sites (tertiary alicyclic amines) is 1. The molecule has 0 bridgehead atoms. The van der Waals surface area contributed by atoms with Crippen molar-refractivity contribution in [3.63, 3.8) is 0 Å². The van der Waals surface area contributed by atoms with E-state index in [-0.39, 0.29) is 30.8 Å². The van der Waals surface area contributed by atoms with Crippen molar-refractivity contribution < 1.29 is 18.8 Å². The second-order valence-corrected chi connectivity index (χ2v) is 7.82. The van der Waals surface area contributed by atoms with Crippen LogP contribution in [-0.4, -0.2) is 42.3 Å². The van der Waals surface area contributed by atoms with Crippen LogP contribution in [-0.2, 0) is 11.3 Å². The molecule has 0 saturated carbocycles. The monoisotopic (exact) mass is 446 g/mol. The Morgan fingerprint density at radius 3 is 2.39 bits per heavy atom. The van der Waals surface area contributed by atoms with E-state index in [0.29, 0.717) is 22.6 Å². The Morgan fingerprint density at radius 2 is 1.67 bits per heavy atom. The maximum Gasteiger partial charge on any atom is 0.253 e. The predicted octanol–water partition coefficient (Wildman–Crippen LogP) is 3.50. The lowest BCUT2D eigenvalue weighted by Crippen LogP contribution is -2.27. The summed E-state index contributed by atoms with van der Waals surface area (Å²) >= 11 is 0. The molecule has 8 nitrogen and oxygen atoms in total. The molecule has 0 atom stereocenters. The van der Waals surface area contributed by atoms with Crippen molar-refractivity contribution in [1.82, 2.24) is 10.2 Å². The van der Waals surface area contributed by atoms with Gasteiger partial charge in [0, 0.05) is 35.6 Å². The topological polar surface area (TPSA) is 104 Å². The lowest BCUT2D eigenvalue weighted by atomic mass is 10.2. The molecule has 3 aromatic rings. The van der Waals surface area contributed by atoms with Gasteiger partial charge in [0.25, 0.3) is 11.8 Å². The van der Waals surface area contributed by atoms with Gasteiger partial charge in [-0.25, -0.2) is 0 Å². The van der Waals surface area contributed by atoms with Gasteiger partial charge in [-0.3, -0.25) is 14.4 Å². The van der Waals surface area contributed by atoms with E-state index in [2.05, 4.69) is 16.0 Å². The fraction of sp³-hybridized carbons (Fsp3) is 0.240. The van der Waals surface area contributed by atoms with Gasteiger partial charge in [-0.2, -0.15) is 0 Å². The lowest BCUT2D eigenvalue weighted by molar-refractivity contribution is -0.114. The molecule has 0 spiro atoms. The molecular weight excluding hydrogens is 420 g/mol. The van der Waals surface area contributed by atoms with Crippen LogP contribution in [0.25, 0.3) is 0 Å². The van der Waals surface area contributed by atoms with Gasteiger partial charge in [-0.1, -0.05) is 6.07 Å². The minimum absolute atomic E-state index is 0.0462. The van der Waals surface area contributed by atoms with Gasteiger partial charge in [-0.15, -0.1) is 0 Å². The van der Waals surface area contributed by atoms with Crippen LogP contribution in [0.2, 0.25) is 0 Å². The molecular formula is C25H26N4O4. The summed E-state index contributed by atoms with van der Waals surface area (Å²) in [5.74, 6) is 0.196. The summed E-state index contributed by atoms with van der Waals surface area (Å²) in [6.07, 6.45) is 3.66. The molecule has 2 heterocycles. The number of hydrogen-bond acceptors (Lipinski definition) is 5. The number of carbonyl (C=O) groups excluding carboxylic acids is 3. The molecule has 2 aromatic carbocycles. The molecule has 4 rings (SSSR count). The van der Waals surface area contributed by atoms with Crippen LogP contribution in [0, 0.1) is 0 Å². The second kappa shape index (κ2) is 10.5. The summed E-state index contributed by atoms with van der Waals surface area (Å²) in [5, 5.41) is 8.60. The lowest BCUT2D eigenvalue weighted by Gasteiger charge is -2.15. The third-order valence-corrected chi connectivity index (χ3v) is 5.39. The molecule has 1 aromatic heterocycles. The molecule has 3 amide bonds. The van der Waals surface area contributed by atoms with E-state index >= 15 is 0 Å². The second-order valence-electron chi connectivity index (χ2n) is 7.82. The number of amides is 3. The van der Waals surface area contributed by atoms with Crippen molar-refractivity contribution in [2.45, 2.75) is 19.4 Å². The van der Waals surface area contributed by atoms with E-state index in [1.54, 1.807) is 66.9 Å². The Bertz CT molecular complexity index is 1100. The van der Waals surface area contributed by atoms with Crippen LogP contribution in [0.4, 0.5) is 11.4 Å². The minimum Gasteiger partial charge on any atom is -0.467 e. The fourth-order valence-electron chi connectivity index (χ4n) is 3.64. The maximum atomic E-state index is 12.4. The number of hydrogen-bond donors (Lipinski definition) is 3. The molecule has 1 fully saturated rings. The third-order valence-electron chi connectivity index (χ3n) is 5.39. The maximum absolute atomic E-state index is 12.4. The average molecular weight is 447 g/mol. The van der Waals surface area contributed by atoms with Gasteiger partial charge in [0.2, 0.25) is 5.91 Å². The van der Waals surface area contributed by atoms with Crippen LogP contribution in [0.5, 0.6) is 0 Å². The highest BCUT2D eigenvalue weighted by Crippen LogP contribution is 2.16. The minimum atomic E-state index is -0.260. The smallest absolute Gasteiger partial charge is 0.253 e. The Morgan fingerprint density at radius 1 is 0.879 bits per heavy atom. The standard InChI is InChI=1S/C25H26N4O4/c30-23(17-26-20-10-8-18(9-11-20)25(32)29-12-1-2-13-29)28-21-6-3-5-19(15-21)24(31)27-16-22-7-4-14-33-22/h3-11,14-15,26H,1-2,12-13,16-17H2,(H,27,31)(H,28,30). The Labute approximate surface area is 192 Å². The first kappa shape index (κ1) is 22.1. The van der Waals surface area contributed by atoms with Crippen molar-refractivity contribution in [1.29, 1.82) is 0 Å². The number of benzene rings is 2. The van der Waals surface area contributed by atoms with E-state index in [0.717, 1.165) is 31.6 Å². The zero-order valence-corrected chi connectivity index (χ0v) is 18.2. The quantitative estimate of drug-likeness (QED) is 0.491. The molecule has 0 aliphatic carbocycles. The van der Waals surface area contributed by atoms with Crippen molar-refractivity contribution in [2.24, 2.45) is 0 Å². The zero-order valence-electron chi connectivity index (χ0n) is 18.2. The van der Waals surface area contributed by atoms with E-state index < -0.39 is 0 Å². The van der Waals surface area contributed by atoms with Gasteiger partial charge >= 0.3 is 0 Å². The molecule has 1 aliphatic heterocycles. The summed E-state index contributed by atoms with van der Waals surface area (Å²) in [6, 6.07) is 17.4. The summed E-state index contributed by atoms with van der Waals surface area (Å²) < 4.78 is 5.20. The van der Waals surface area contributed by atoms with Crippen molar-refractivity contribution in [3.05, 3.63) is 83.8 Å². The predicted molar refractivity (Wildman–Crippen MR) is 125 cm³/mol. The zero-order chi connectivity index (χ0) is 23.0. The Hall–Kier alpha value is -4.07. The van der Waals surface area contributed by atoms with Crippen LogP contribution in [0.15, 0.2) is 71.3 Å². The van der Waals surface area contributed by atoms with Crippen LogP contribution in [0.1, 0.15) is 39.3 Å². The number of rotatable bonds is 8. The Balaban J connectivity index is 1.26. The third kappa shape index (κ3) is 6.00. The summed E-state index contributed by atoms with van der Waals surface area (Å²) in [6.45, 7) is 1.96. The van der Waals surface area contributed by atoms with Gasteiger partial charge < -0.3 is 25.3 Å². The van der Waals surface area contributed by atoms with Gasteiger partial charge in [0.05, 0.1) is 19.4 Å². The van der Waals surface area contributed by atoms with Gasteiger partial charge in [-0.05, 0) is 67.4 Å². The summed E-state index contributed by atoms with van der Waals surface area (Å²) in [5.41, 5.74) is 2.35. The largest absolute Gasteiger partial charge is 0.467 e. The molecule has 1 aliphatic rings. The molecule has 170 valence electrons. The molecule has 3 N–H and O–H groups in total. The molecule has 0 radical (unpaired) electrons. The molecule has 0 unspecified atom stereocenters. The number of nitrogens with zero attached hydrogens (tertiary/aromatic N) is 1. The Kier molecular flexibility index (Phi) is 7.04. The highest BCUT2D eigenvalue weighted by Gasteiger charge is 2.19. The van der Waals surface area contributed by atoms with Gasteiger partial charge in [0.1, 0.15) is 5.76 Å². The number of anilines is 2. The highest BCUT2D eigenvalue weighted by molar-refractivity contribution is 5.98. The molecule has 1 saturated heterocycles. The highest BCUT2D eigenvalue weighted by atomic mass is 16.3. The van der Waals surface area contributed by atoms with Crippen molar-refractivity contribution >= 4 is 29.1 Å². The van der Waals surface area contributed by atoms with Crippen LogP contribution >= 0.6 is 0 Å². The number of nitrogens with one attached hydrogen (secondary N) is 3. The van der Waals surface area contributed by atoms with E-state index in [1.807, 2.05) is 4.90 Å². The SMILES string of the molecule is O=C(CNc1ccc(C(=O)N2CCCC2)cc1)Nc1cccc(C(=O)NCc2ccco2)c1. The normalized spacial score (nSPS) is 12.9. The van der Waals surface area contributed by atoms with E-state index in [9.17, 15) is 14.4 Å². The van der Waals surface area contributed by atoms with E-state index in [4.69, 9.17) is 4.42 Å². The molecule has 33 heavy (non-hydrogen) atoms. The van der Waals surface area contributed by atoms with Crippen molar-refractivity contribution in [2.75, 3.05) is 30.3 Å². The van der Waals surface area contributed by atoms with E-state index in [1.165, 1.54) is 0 Å². The first-order chi connectivity index (χ1) is 16.1. The summed E-state index contributed by atoms with van der Waals surface area (Å²) in [4.78, 5) is 39.0. The van der Waals surface area contributed by atoms with Crippen LogP contribution < -0.4 is 16.0 Å². The van der Waals surface area contributed by atoms with Crippen LogP contribution in [0.3, 0.4) is 0 Å². The summed E-state index contributed by atoms with van der Waals surface area (Å²) in [7, 11) is 0.